The van der Waals surface area contributed by atoms with Gasteiger partial charge < -0.3 is 14.6 Å². The van der Waals surface area contributed by atoms with Crippen LogP contribution in [0.5, 0.6) is 11.5 Å². The molecule has 0 radical (unpaired) electrons. The van der Waals surface area contributed by atoms with E-state index in [-0.39, 0.29) is 5.92 Å². The Morgan fingerprint density at radius 1 is 1.33 bits per heavy atom. The third-order valence-corrected chi connectivity index (χ3v) is 4.76. The van der Waals surface area contributed by atoms with E-state index >= 15 is 0 Å². The fourth-order valence-electron chi connectivity index (χ4n) is 2.42. The molecule has 2 atom stereocenters. The number of hydrogen-bond donors (Lipinski definition) is 1. The smallest absolute Gasteiger partial charge is 0.166 e. The van der Waals surface area contributed by atoms with Crippen molar-refractivity contribution in [2.75, 3.05) is 20.0 Å². The molecule has 1 aliphatic rings. The summed E-state index contributed by atoms with van der Waals surface area (Å²) in [7, 11) is 3.26. The first-order valence-electron chi connectivity index (χ1n) is 6.10. The van der Waals surface area contributed by atoms with Crippen LogP contribution in [0.15, 0.2) is 6.07 Å². The zero-order valence-electron chi connectivity index (χ0n) is 11.3. The first kappa shape index (κ1) is 13.6. The highest BCUT2D eigenvalue weighted by Gasteiger charge is 2.29. The lowest BCUT2D eigenvalue weighted by molar-refractivity contribution is 0.125. The second-order valence-electron chi connectivity index (χ2n) is 4.76. The summed E-state index contributed by atoms with van der Waals surface area (Å²) in [6.07, 6.45) is -0.487. The number of methoxy groups -OCH3 is 2. The van der Waals surface area contributed by atoms with Gasteiger partial charge in [0.25, 0.3) is 0 Å². The van der Waals surface area contributed by atoms with Crippen LogP contribution in [0.25, 0.3) is 0 Å². The van der Waals surface area contributed by atoms with Crippen LogP contribution in [0.2, 0.25) is 0 Å². The van der Waals surface area contributed by atoms with Crippen LogP contribution < -0.4 is 9.47 Å². The van der Waals surface area contributed by atoms with Gasteiger partial charge in [-0.05, 0) is 35.8 Å². The number of aryl methyl sites for hydroxylation is 1. The largest absolute Gasteiger partial charge is 0.493 e. The van der Waals surface area contributed by atoms with Crippen molar-refractivity contribution in [2.45, 2.75) is 25.7 Å². The van der Waals surface area contributed by atoms with E-state index in [1.165, 1.54) is 5.56 Å². The van der Waals surface area contributed by atoms with Gasteiger partial charge in [0.05, 0.1) is 20.3 Å². The highest BCUT2D eigenvalue weighted by molar-refractivity contribution is 7.98. The molecule has 0 saturated heterocycles. The number of thioether (sulfide) groups is 1. The summed E-state index contributed by atoms with van der Waals surface area (Å²) in [5.41, 5.74) is 3.25. The van der Waals surface area contributed by atoms with Crippen molar-refractivity contribution in [2.24, 2.45) is 5.92 Å². The Morgan fingerprint density at radius 3 is 2.67 bits per heavy atom. The summed E-state index contributed by atoms with van der Waals surface area (Å²) in [6.45, 7) is 4.13. The highest BCUT2D eigenvalue weighted by Crippen LogP contribution is 2.45. The van der Waals surface area contributed by atoms with Gasteiger partial charge in [-0.3, -0.25) is 0 Å². The summed E-state index contributed by atoms with van der Waals surface area (Å²) in [5.74, 6) is 3.48. The van der Waals surface area contributed by atoms with E-state index in [9.17, 15) is 5.11 Å². The predicted octanol–water partition coefficient (Wildman–Crippen LogP) is 2.93. The van der Waals surface area contributed by atoms with E-state index in [1.807, 2.05) is 17.8 Å². The quantitative estimate of drug-likeness (QED) is 0.895. The number of fused-ring (bicyclic) bond motifs is 1. The molecule has 0 fully saturated rings. The number of ether oxygens (including phenoxy) is 2. The summed E-state index contributed by atoms with van der Waals surface area (Å²) < 4.78 is 10.8. The molecule has 1 N–H and O–H groups in total. The molecule has 100 valence electrons. The maximum Gasteiger partial charge on any atom is 0.166 e. The van der Waals surface area contributed by atoms with Crippen LogP contribution in [-0.2, 0) is 5.75 Å². The first-order chi connectivity index (χ1) is 8.60. The molecule has 3 nitrogen and oxygen atoms in total. The average molecular weight is 268 g/mol. The van der Waals surface area contributed by atoms with E-state index < -0.39 is 6.10 Å². The standard InChI is InChI=1S/C14H20O3S/c1-8-5-11(16-3)14(17-4)12-10(8)7-18-6-9(2)13(12)15/h5,9,13,15H,6-7H2,1-4H3. The third-order valence-electron chi connectivity index (χ3n) is 3.50. The van der Waals surface area contributed by atoms with E-state index in [4.69, 9.17) is 9.47 Å². The molecule has 4 heteroatoms. The second-order valence-corrected chi connectivity index (χ2v) is 5.79. The monoisotopic (exact) mass is 268 g/mol. The zero-order chi connectivity index (χ0) is 13.3. The number of aliphatic hydroxyl groups is 1. The molecule has 1 aliphatic heterocycles. The Morgan fingerprint density at radius 2 is 2.06 bits per heavy atom. The van der Waals surface area contributed by atoms with E-state index in [0.29, 0.717) is 11.5 Å². The molecule has 0 saturated carbocycles. The molecule has 0 spiro atoms. The molecule has 0 aliphatic carbocycles. The molecular weight excluding hydrogens is 248 g/mol. The van der Waals surface area contributed by atoms with Crippen molar-refractivity contribution >= 4 is 11.8 Å². The second kappa shape index (κ2) is 5.41. The van der Waals surface area contributed by atoms with Crippen LogP contribution in [0.3, 0.4) is 0 Å². The maximum atomic E-state index is 10.5. The number of rotatable bonds is 2. The van der Waals surface area contributed by atoms with Crippen LogP contribution >= 0.6 is 11.8 Å². The van der Waals surface area contributed by atoms with Crippen LogP contribution in [0.1, 0.15) is 29.7 Å². The van der Waals surface area contributed by atoms with E-state index in [0.717, 1.165) is 22.6 Å². The Balaban J connectivity index is 2.66. The summed E-state index contributed by atoms with van der Waals surface area (Å²) in [6, 6.07) is 1.99. The van der Waals surface area contributed by atoms with Crippen molar-refractivity contribution in [3.63, 3.8) is 0 Å². The van der Waals surface area contributed by atoms with Crippen LogP contribution in [0, 0.1) is 12.8 Å². The van der Waals surface area contributed by atoms with Crippen molar-refractivity contribution in [1.29, 1.82) is 0 Å². The first-order valence-corrected chi connectivity index (χ1v) is 7.25. The molecule has 1 aromatic rings. The third kappa shape index (κ3) is 2.19. The van der Waals surface area contributed by atoms with Gasteiger partial charge in [-0.2, -0.15) is 11.8 Å². The van der Waals surface area contributed by atoms with E-state index in [1.54, 1.807) is 14.2 Å². The molecule has 0 aromatic heterocycles. The van der Waals surface area contributed by atoms with Gasteiger partial charge in [0.2, 0.25) is 0 Å². The van der Waals surface area contributed by atoms with Gasteiger partial charge in [0, 0.05) is 11.3 Å². The lowest BCUT2D eigenvalue weighted by Crippen LogP contribution is -2.13. The van der Waals surface area contributed by atoms with Crippen LogP contribution in [0.4, 0.5) is 0 Å². The van der Waals surface area contributed by atoms with Gasteiger partial charge in [-0.1, -0.05) is 6.92 Å². The summed E-state index contributed by atoms with van der Waals surface area (Å²) >= 11 is 1.86. The molecule has 1 aromatic carbocycles. The van der Waals surface area contributed by atoms with E-state index in [2.05, 4.69) is 13.8 Å². The minimum absolute atomic E-state index is 0.219. The number of hydrogen-bond acceptors (Lipinski definition) is 4. The summed E-state index contributed by atoms with van der Waals surface area (Å²) in [5, 5.41) is 10.5. The normalized spacial score (nSPS) is 23.2. The SMILES string of the molecule is COc1cc(C)c2c(c1OC)C(O)C(C)CSC2. The van der Waals surface area contributed by atoms with Crippen molar-refractivity contribution in [3.05, 3.63) is 22.8 Å². The minimum Gasteiger partial charge on any atom is -0.493 e. The van der Waals surface area contributed by atoms with Crippen LogP contribution in [-0.4, -0.2) is 25.1 Å². The fraction of sp³-hybridized carbons (Fsp3) is 0.571. The lowest BCUT2D eigenvalue weighted by Gasteiger charge is -2.22. The van der Waals surface area contributed by atoms with Gasteiger partial charge in [-0.15, -0.1) is 0 Å². The fourth-order valence-corrected chi connectivity index (χ4v) is 3.68. The number of benzene rings is 1. The Kier molecular flexibility index (Phi) is 4.07. The maximum absolute atomic E-state index is 10.5. The zero-order valence-corrected chi connectivity index (χ0v) is 12.1. The molecule has 2 unspecified atom stereocenters. The molecule has 1 heterocycles. The van der Waals surface area contributed by atoms with Gasteiger partial charge in [0.15, 0.2) is 11.5 Å². The van der Waals surface area contributed by atoms with Crippen molar-refractivity contribution < 1.29 is 14.6 Å². The Bertz CT molecular complexity index is 445. The molecule has 0 bridgehead atoms. The van der Waals surface area contributed by atoms with Gasteiger partial charge in [0.1, 0.15) is 0 Å². The van der Waals surface area contributed by atoms with Gasteiger partial charge in [-0.25, -0.2) is 0 Å². The Hall–Kier alpha value is -0.870. The Labute approximate surface area is 112 Å². The molecular formula is C14H20O3S. The highest BCUT2D eigenvalue weighted by atomic mass is 32.2. The minimum atomic E-state index is -0.487. The molecule has 0 amide bonds. The topological polar surface area (TPSA) is 38.7 Å². The van der Waals surface area contributed by atoms with Crippen molar-refractivity contribution in [3.8, 4) is 11.5 Å². The predicted molar refractivity (Wildman–Crippen MR) is 74.6 cm³/mol. The molecule has 18 heavy (non-hydrogen) atoms. The van der Waals surface area contributed by atoms with Crippen molar-refractivity contribution in [1.82, 2.24) is 0 Å². The summed E-state index contributed by atoms with van der Waals surface area (Å²) in [4.78, 5) is 0. The number of aliphatic hydroxyl groups excluding tert-OH is 1. The molecule has 2 rings (SSSR count). The lowest BCUT2D eigenvalue weighted by atomic mass is 9.91. The average Bonchev–Trinajstić information content (AvgIpc) is 2.51. The van der Waals surface area contributed by atoms with Gasteiger partial charge >= 0.3 is 0 Å².